The van der Waals surface area contributed by atoms with Gasteiger partial charge in [0.2, 0.25) is 0 Å². The molecule has 0 amide bonds. The van der Waals surface area contributed by atoms with Crippen LogP contribution in [0.15, 0.2) is 18.5 Å². The van der Waals surface area contributed by atoms with E-state index in [0.717, 1.165) is 38.3 Å². The molecule has 2 aromatic rings. The van der Waals surface area contributed by atoms with Crippen LogP contribution in [-0.2, 0) is 19.6 Å². The zero-order valence-electron chi connectivity index (χ0n) is 12.1. The summed E-state index contributed by atoms with van der Waals surface area (Å²) in [7, 11) is 0. The van der Waals surface area contributed by atoms with Gasteiger partial charge in [-0.25, -0.2) is 0 Å². The van der Waals surface area contributed by atoms with Gasteiger partial charge in [-0.3, -0.25) is 9.36 Å². The lowest BCUT2D eigenvalue weighted by molar-refractivity contribution is 0.574. The Labute approximate surface area is 114 Å². The van der Waals surface area contributed by atoms with Crippen LogP contribution in [-0.4, -0.2) is 26.1 Å². The number of hydrogen-bond acceptors (Lipinski definition) is 3. The number of hydrogen-bond donors (Lipinski definition) is 1. The van der Waals surface area contributed by atoms with Crippen molar-refractivity contribution in [2.24, 2.45) is 0 Å². The highest BCUT2D eigenvalue weighted by Crippen LogP contribution is 2.07. The van der Waals surface area contributed by atoms with Gasteiger partial charge in [0, 0.05) is 24.8 Å². The van der Waals surface area contributed by atoms with Crippen molar-refractivity contribution in [3.63, 3.8) is 0 Å². The average molecular weight is 261 g/mol. The van der Waals surface area contributed by atoms with Gasteiger partial charge >= 0.3 is 0 Å². The number of nitrogens with zero attached hydrogens (tertiary/aromatic N) is 4. The van der Waals surface area contributed by atoms with Crippen LogP contribution >= 0.6 is 0 Å². The van der Waals surface area contributed by atoms with Crippen LogP contribution in [0.2, 0.25) is 0 Å². The van der Waals surface area contributed by atoms with Gasteiger partial charge in [0.05, 0.1) is 24.1 Å². The van der Waals surface area contributed by atoms with E-state index in [4.69, 9.17) is 0 Å². The van der Waals surface area contributed by atoms with Crippen LogP contribution in [0.5, 0.6) is 0 Å². The fourth-order valence-corrected chi connectivity index (χ4v) is 2.16. The molecule has 5 heteroatoms. The van der Waals surface area contributed by atoms with Crippen molar-refractivity contribution in [3.05, 3.63) is 35.4 Å². The SMILES string of the molecule is CCCNCc1cnn(Cc2cc(C)nn2CC)c1. The predicted octanol–water partition coefficient (Wildman–Crippen LogP) is 1.96. The van der Waals surface area contributed by atoms with Crippen LogP contribution in [0.4, 0.5) is 0 Å². The molecule has 0 saturated carbocycles. The third-order valence-corrected chi connectivity index (χ3v) is 3.05. The minimum Gasteiger partial charge on any atom is -0.313 e. The smallest absolute Gasteiger partial charge is 0.0828 e. The van der Waals surface area contributed by atoms with Crippen molar-refractivity contribution in [1.29, 1.82) is 0 Å². The molecule has 0 atom stereocenters. The molecule has 0 aliphatic carbocycles. The lowest BCUT2D eigenvalue weighted by Gasteiger charge is -2.04. The summed E-state index contributed by atoms with van der Waals surface area (Å²) >= 11 is 0. The van der Waals surface area contributed by atoms with Gasteiger partial charge in [0.25, 0.3) is 0 Å². The lowest BCUT2D eigenvalue weighted by Crippen LogP contribution is -2.13. The Kier molecular flexibility index (Phi) is 4.74. The van der Waals surface area contributed by atoms with Crippen molar-refractivity contribution in [1.82, 2.24) is 24.9 Å². The number of rotatable bonds is 7. The molecule has 104 valence electrons. The van der Waals surface area contributed by atoms with Crippen molar-refractivity contribution in [2.75, 3.05) is 6.54 Å². The van der Waals surface area contributed by atoms with E-state index in [0.29, 0.717) is 0 Å². The lowest BCUT2D eigenvalue weighted by atomic mass is 10.3. The van der Waals surface area contributed by atoms with Crippen LogP contribution < -0.4 is 5.32 Å². The minimum atomic E-state index is 0.780. The highest BCUT2D eigenvalue weighted by Gasteiger charge is 2.06. The molecule has 0 aromatic carbocycles. The zero-order valence-corrected chi connectivity index (χ0v) is 12.1. The van der Waals surface area contributed by atoms with E-state index in [1.807, 2.05) is 22.5 Å². The second-order valence-corrected chi connectivity index (χ2v) is 4.82. The van der Waals surface area contributed by atoms with Gasteiger partial charge in [-0.1, -0.05) is 6.92 Å². The quantitative estimate of drug-likeness (QED) is 0.775. The van der Waals surface area contributed by atoms with Gasteiger partial charge in [0.1, 0.15) is 0 Å². The van der Waals surface area contributed by atoms with Gasteiger partial charge in [0.15, 0.2) is 0 Å². The molecule has 0 radical (unpaired) electrons. The molecule has 0 unspecified atom stereocenters. The topological polar surface area (TPSA) is 47.7 Å². The van der Waals surface area contributed by atoms with Gasteiger partial charge in [-0.15, -0.1) is 0 Å². The Hall–Kier alpha value is -1.62. The van der Waals surface area contributed by atoms with Gasteiger partial charge in [-0.2, -0.15) is 10.2 Å². The monoisotopic (exact) mass is 261 g/mol. The molecule has 0 aliphatic rings. The Balaban J connectivity index is 1.99. The summed E-state index contributed by atoms with van der Waals surface area (Å²) in [6, 6.07) is 2.13. The number of nitrogens with one attached hydrogen (secondary N) is 1. The van der Waals surface area contributed by atoms with E-state index in [2.05, 4.69) is 41.6 Å². The normalized spacial score (nSPS) is 11.1. The molecule has 2 rings (SSSR count). The highest BCUT2D eigenvalue weighted by atomic mass is 15.3. The van der Waals surface area contributed by atoms with Crippen LogP contribution in [0, 0.1) is 6.92 Å². The molecule has 0 aliphatic heterocycles. The third kappa shape index (κ3) is 3.67. The van der Waals surface area contributed by atoms with E-state index < -0.39 is 0 Å². The van der Waals surface area contributed by atoms with E-state index in [-0.39, 0.29) is 0 Å². The molecular weight excluding hydrogens is 238 g/mol. The summed E-state index contributed by atoms with van der Waals surface area (Å²) in [6.45, 7) is 9.92. The predicted molar refractivity (Wildman–Crippen MR) is 76.0 cm³/mol. The number of aryl methyl sites for hydroxylation is 2. The molecule has 0 saturated heterocycles. The molecule has 2 heterocycles. The van der Waals surface area contributed by atoms with Gasteiger partial charge < -0.3 is 5.32 Å². The molecule has 19 heavy (non-hydrogen) atoms. The average Bonchev–Trinajstić information content (AvgIpc) is 2.97. The zero-order chi connectivity index (χ0) is 13.7. The van der Waals surface area contributed by atoms with Crippen molar-refractivity contribution in [2.45, 2.75) is 46.8 Å². The first kappa shape index (κ1) is 13.8. The summed E-state index contributed by atoms with van der Waals surface area (Å²) in [5.74, 6) is 0. The first-order valence-corrected chi connectivity index (χ1v) is 6.98. The first-order chi connectivity index (χ1) is 9.22. The van der Waals surface area contributed by atoms with Crippen LogP contribution in [0.25, 0.3) is 0 Å². The summed E-state index contributed by atoms with van der Waals surface area (Å²) < 4.78 is 4.01. The maximum Gasteiger partial charge on any atom is 0.0828 e. The fourth-order valence-electron chi connectivity index (χ4n) is 2.16. The van der Waals surface area contributed by atoms with E-state index in [1.54, 1.807) is 0 Å². The summed E-state index contributed by atoms with van der Waals surface area (Å²) in [5.41, 5.74) is 3.50. The highest BCUT2D eigenvalue weighted by molar-refractivity contribution is 5.11. The Morgan fingerprint density at radius 2 is 2.16 bits per heavy atom. The minimum absolute atomic E-state index is 0.780. The molecule has 5 nitrogen and oxygen atoms in total. The second-order valence-electron chi connectivity index (χ2n) is 4.82. The number of aromatic nitrogens is 4. The van der Waals surface area contributed by atoms with Crippen LogP contribution in [0.1, 0.15) is 37.2 Å². The Bertz CT molecular complexity index is 512. The summed E-state index contributed by atoms with van der Waals surface area (Å²) in [6.07, 6.45) is 5.19. The Morgan fingerprint density at radius 3 is 2.89 bits per heavy atom. The molecule has 1 N–H and O–H groups in total. The molecular formula is C14H23N5. The Morgan fingerprint density at radius 1 is 1.32 bits per heavy atom. The van der Waals surface area contributed by atoms with Crippen molar-refractivity contribution < 1.29 is 0 Å². The maximum absolute atomic E-state index is 4.46. The summed E-state index contributed by atoms with van der Waals surface area (Å²) in [4.78, 5) is 0. The molecule has 0 spiro atoms. The molecule has 0 fully saturated rings. The largest absolute Gasteiger partial charge is 0.313 e. The standard InChI is InChI=1S/C14H23N5/c1-4-6-15-8-13-9-16-18(10-13)11-14-7-12(3)17-19(14)5-2/h7,9-10,15H,4-6,8,11H2,1-3H3. The van der Waals surface area contributed by atoms with E-state index in [1.165, 1.54) is 11.3 Å². The molecule has 2 aromatic heterocycles. The first-order valence-electron chi connectivity index (χ1n) is 6.98. The van der Waals surface area contributed by atoms with Crippen molar-refractivity contribution in [3.8, 4) is 0 Å². The van der Waals surface area contributed by atoms with Crippen LogP contribution in [0.3, 0.4) is 0 Å². The third-order valence-electron chi connectivity index (χ3n) is 3.05. The van der Waals surface area contributed by atoms with E-state index in [9.17, 15) is 0 Å². The molecule has 0 bridgehead atoms. The summed E-state index contributed by atoms with van der Waals surface area (Å²) in [5, 5.41) is 12.3. The van der Waals surface area contributed by atoms with Gasteiger partial charge in [-0.05, 0) is 32.9 Å². The fraction of sp³-hybridized carbons (Fsp3) is 0.571. The van der Waals surface area contributed by atoms with Crippen molar-refractivity contribution >= 4 is 0 Å². The second kappa shape index (κ2) is 6.52. The van der Waals surface area contributed by atoms with E-state index >= 15 is 0 Å². The maximum atomic E-state index is 4.46.